The minimum Gasteiger partial charge on any atom is -0.302 e. The third-order valence-corrected chi connectivity index (χ3v) is 7.04. The highest BCUT2D eigenvalue weighted by molar-refractivity contribution is 7.89. The predicted molar refractivity (Wildman–Crippen MR) is 81.4 cm³/mol. The van der Waals surface area contributed by atoms with Crippen molar-refractivity contribution in [3.63, 3.8) is 0 Å². The van der Waals surface area contributed by atoms with Crippen LogP contribution in [-0.2, 0) is 10.0 Å². The molecule has 0 amide bonds. The van der Waals surface area contributed by atoms with E-state index in [2.05, 4.69) is 14.6 Å². The van der Waals surface area contributed by atoms with Crippen molar-refractivity contribution in [1.29, 1.82) is 0 Å². The van der Waals surface area contributed by atoms with Gasteiger partial charge in [0.1, 0.15) is 0 Å². The Kier molecular flexibility index (Phi) is 3.27. The number of aromatic nitrogens is 2. The number of nitrogens with one attached hydrogen (secondary N) is 1. The molecule has 2 aromatic rings. The van der Waals surface area contributed by atoms with Crippen molar-refractivity contribution >= 4 is 37.9 Å². The molecule has 0 radical (unpaired) electrons. The molecule has 5 rings (SSSR count). The molecule has 2 aromatic heterocycles. The van der Waals surface area contributed by atoms with Crippen LogP contribution in [0.15, 0.2) is 16.6 Å². The standard InChI is InChI=1S/C12H15ClN4O2S2/c13-10-11(17-5-6-20-12(17)14-10)21(18,19)15-9-7-16-3-1-8(9)2-4-16/h5-6,8-9,15H,1-4,7H2. The number of fused-ring (bicyclic) bond motifs is 4. The van der Waals surface area contributed by atoms with Gasteiger partial charge in [0.15, 0.2) is 15.1 Å². The summed E-state index contributed by atoms with van der Waals surface area (Å²) in [5.41, 5.74) is 0. The predicted octanol–water partition coefficient (Wildman–Crippen LogP) is 1.42. The number of nitrogens with zero attached hydrogens (tertiary/aromatic N) is 3. The lowest BCUT2D eigenvalue weighted by Crippen LogP contribution is -2.57. The summed E-state index contributed by atoms with van der Waals surface area (Å²) in [7, 11) is -3.67. The van der Waals surface area contributed by atoms with Crippen molar-refractivity contribution in [2.24, 2.45) is 5.92 Å². The molecule has 0 saturated carbocycles. The zero-order chi connectivity index (χ0) is 14.6. The Labute approximate surface area is 131 Å². The highest BCUT2D eigenvalue weighted by atomic mass is 35.5. The summed E-state index contributed by atoms with van der Waals surface area (Å²) in [4.78, 5) is 7.00. The molecule has 1 atom stereocenters. The Morgan fingerprint density at radius 3 is 2.81 bits per heavy atom. The van der Waals surface area contributed by atoms with Gasteiger partial charge in [0.05, 0.1) is 0 Å². The number of piperidine rings is 3. The quantitative estimate of drug-likeness (QED) is 0.912. The molecule has 3 saturated heterocycles. The first kappa shape index (κ1) is 14.0. The molecular weight excluding hydrogens is 332 g/mol. The summed E-state index contributed by atoms with van der Waals surface area (Å²) in [6.07, 6.45) is 3.80. The molecule has 3 aliphatic rings. The maximum Gasteiger partial charge on any atom is 0.260 e. The van der Waals surface area contributed by atoms with Gasteiger partial charge >= 0.3 is 0 Å². The maximum absolute atomic E-state index is 12.7. The van der Waals surface area contributed by atoms with E-state index in [-0.39, 0.29) is 16.2 Å². The average molecular weight is 347 g/mol. The van der Waals surface area contributed by atoms with Gasteiger partial charge in [0.25, 0.3) is 10.0 Å². The summed E-state index contributed by atoms with van der Waals surface area (Å²) in [5, 5.41) is 1.89. The third kappa shape index (κ3) is 2.29. The van der Waals surface area contributed by atoms with Crippen molar-refractivity contribution in [2.75, 3.05) is 19.6 Å². The van der Waals surface area contributed by atoms with E-state index in [4.69, 9.17) is 11.6 Å². The molecule has 114 valence electrons. The first-order valence-corrected chi connectivity index (χ1v) is 9.64. The number of sulfonamides is 1. The lowest BCUT2D eigenvalue weighted by molar-refractivity contribution is 0.0826. The van der Waals surface area contributed by atoms with Gasteiger partial charge in [-0.3, -0.25) is 4.40 Å². The molecule has 1 N–H and O–H groups in total. The van der Waals surface area contributed by atoms with Crippen LogP contribution in [0, 0.1) is 5.92 Å². The van der Waals surface area contributed by atoms with Crippen LogP contribution in [0.3, 0.4) is 0 Å². The van der Waals surface area contributed by atoms with E-state index in [1.165, 1.54) is 15.7 Å². The number of halogens is 1. The van der Waals surface area contributed by atoms with Gasteiger partial charge in [-0.25, -0.2) is 18.1 Å². The Bertz CT molecular complexity index is 776. The Hall–Kier alpha value is -0.670. The molecule has 9 heteroatoms. The summed E-state index contributed by atoms with van der Waals surface area (Å²) in [6, 6.07) is -0.0299. The van der Waals surface area contributed by atoms with Crippen LogP contribution in [0.1, 0.15) is 12.8 Å². The SMILES string of the molecule is O=S(=O)(NC1CN2CCC1CC2)c1c(Cl)nc2sccn12. The number of hydrogen-bond donors (Lipinski definition) is 1. The Balaban J connectivity index is 1.67. The molecule has 21 heavy (non-hydrogen) atoms. The van der Waals surface area contributed by atoms with Crippen LogP contribution in [0.25, 0.3) is 4.96 Å². The number of thiazole rings is 1. The molecule has 5 heterocycles. The fourth-order valence-electron chi connectivity index (χ4n) is 3.33. The average Bonchev–Trinajstić information content (AvgIpc) is 2.98. The van der Waals surface area contributed by atoms with Gasteiger partial charge in [-0.15, -0.1) is 11.3 Å². The van der Waals surface area contributed by atoms with Crippen LogP contribution in [0.2, 0.25) is 5.15 Å². The second-order valence-electron chi connectivity index (χ2n) is 5.63. The van der Waals surface area contributed by atoms with E-state index in [1.54, 1.807) is 11.6 Å². The largest absolute Gasteiger partial charge is 0.302 e. The van der Waals surface area contributed by atoms with E-state index in [9.17, 15) is 8.42 Å². The van der Waals surface area contributed by atoms with E-state index >= 15 is 0 Å². The first-order valence-electron chi connectivity index (χ1n) is 6.90. The first-order chi connectivity index (χ1) is 10.0. The molecule has 3 fully saturated rings. The monoisotopic (exact) mass is 346 g/mol. The topological polar surface area (TPSA) is 66.7 Å². The molecule has 1 unspecified atom stereocenters. The van der Waals surface area contributed by atoms with Gasteiger partial charge < -0.3 is 4.90 Å². The smallest absolute Gasteiger partial charge is 0.260 e. The molecule has 3 aliphatic heterocycles. The van der Waals surface area contributed by atoms with Gasteiger partial charge in [-0.1, -0.05) is 11.6 Å². The van der Waals surface area contributed by atoms with Crippen LogP contribution in [0.5, 0.6) is 0 Å². The molecule has 0 spiro atoms. The molecule has 0 aromatic carbocycles. The lowest BCUT2D eigenvalue weighted by atomic mass is 9.85. The zero-order valence-corrected chi connectivity index (χ0v) is 13.6. The highest BCUT2D eigenvalue weighted by Gasteiger charge is 2.38. The third-order valence-electron chi connectivity index (χ3n) is 4.40. The van der Waals surface area contributed by atoms with Crippen LogP contribution in [0.4, 0.5) is 0 Å². The van der Waals surface area contributed by atoms with Gasteiger partial charge in [-0.2, -0.15) is 0 Å². The van der Waals surface area contributed by atoms with Crippen molar-refractivity contribution < 1.29 is 8.42 Å². The minimum atomic E-state index is -3.67. The minimum absolute atomic E-state index is 0.0299. The van der Waals surface area contributed by atoms with E-state index < -0.39 is 10.0 Å². The number of hydrogen-bond acceptors (Lipinski definition) is 5. The molecule has 6 nitrogen and oxygen atoms in total. The molecular formula is C12H15ClN4O2S2. The highest BCUT2D eigenvalue weighted by Crippen LogP contribution is 2.30. The van der Waals surface area contributed by atoms with Gasteiger partial charge in [0.2, 0.25) is 0 Å². The summed E-state index contributed by atoms with van der Waals surface area (Å²) < 4.78 is 29.8. The van der Waals surface area contributed by atoms with E-state index in [0.717, 1.165) is 32.5 Å². The van der Waals surface area contributed by atoms with Crippen molar-refractivity contribution in [3.8, 4) is 0 Å². The molecule has 0 aliphatic carbocycles. The van der Waals surface area contributed by atoms with Crippen LogP contribution in [-0.4, -0.2) is 48.4 Å². The molecule has 2 bridgehead atoms. The van der Waals surface area contributed by atoms with Crippen molar-refractivity contribution in [2.45, 2.75) is 23.9 Å². The Morgan fingerprint density at radius 2 is 2.14 bits per heavy atom. The van der Waals surface area contributed by atoms with Gasteiger partial charge in [-0.05, 0) is 31.8 Å². The van der Waals surface area contributed by atoms with Crippen LogP contribution < -0.4 is 4.72 Å². The summed E-state index contributed by atoms with van der Waals surface area (Å²) in [6.45, 7) is 2.93. The van der Waals surface area contributed by atoms with Crippen molar-refractivity contribution in [1.82, 2.24) is 19.0 Å². The lowest BCUT2D eigenvalue weighted by Gasteiger charge is -2.44. The number of rotatable bonds is 3. The fraction of sp³-hybridized carbons (Fsp3) is 0.583. The maximum atomic E-state index is 12.7. The second-order valence-corrected chi connectivity index (χ2v) is 8.49. The van der Waals surface area contributed by atoms with Crippen molar-refractivity contribution in [3.05, 3.63) is 16.7 Å². The normalized spacial score (nSPS) is 29.3. The van der Waals surface area contributed by atoms with E-state index in [1.807, 2.05) is 0 Å². The zero-order valence-electron chi connectivity index (χ0n) is 11.2. The fourth-order valence-corrected chi connectivity index (χ4v) is 6.08. The summed E-state index contributed by atoms with van der Waals surface area (Å²) in [5.74, 6) is 0.425. The second kappa shape index (κ2) is 4.92. The Morgan fingerprint density at radius 1 is 1.38 bits per heavy atom. The van der Waals surface area contributed by atoms with E-state index in [0.29, 0.717) is 10.9 Å². The van der Waals surface area contributed by atoms with Crippen LogP contribution >= 0.6 is 22.9 Å². The number of imidazole rings is 1. The van der Waals surface area contributed by atoms with Gasteiger partial charge in [0, 0.05) is 24.2 Å². The summed E-state index contributed by atoms with van der Waals surface area (Å²) >= 11 is 7.40.